The number of amides is 1. The molecule has 2 N–H and O–H groups in total. The van der Waals surface area contributed by atoms with E-state index in [1.807, 2.05) is 50.2 Å². The fraction of sp³-hybridized carbons (Fsp3) is 0.304. The van der Waals surface area contributed by atoms with Crippen molar-refractivity contribution in [3.8, 4) is 0 Å². The largest absolute Gasteiger partial charge is 0.369 e. The number of aromatic nitrogens is 1. The van der Waals surface area contributed by atoms with E-state index >= 15 is 0 Å². The lowest BCUT2D eigenvalue weighted by Gasteiger charge is -2.37. The number of carbonyl (C=O) groups excluding carboxylic acids is 1. The van der Waals surface area contributed by atoms with Crippen molar-refractivity contribution in [1.82, 2.24) is 15.6 Å². The van der Waals surface area contributed by atoms with Crippen molar-refractivity contribution in [2.45, 2.75) is 25.9 Å². The molecule has 1 saturated heterocycles. The summed E-state index contributed by atoms with van der Waals surface area (Å²) in [5.41, 5.74) is 3.64. The van der Waals surface area contributed by atoms with E-state index in [-0.39, 0.29) is 11.9 Å². The summed E-state index contributed by atoms with van der Waals surface area (Å²) in [5.74, 6) is -0.0679. The Balaban J connectivity index is 1.57. The number of hydrogen-bond donors (Lipinski definition) is 2. The van der Waals surface area contributed by atoms with Crippen LogP contribution < -0.4 is 15.5 Å². The van der Waals surface area contributed by atoms with Crippen LogP contribution in [0.5, 0.6) is 0 Å². The van der Waals surface area contributed by atoms with Gasteiger partial charge in [0.05, 0.1) is 17.8 Å². The predicted molar refractivity (Wildman–Crippen MR) is 114 cm³/mol. The Morgan fingerprint density at radius 3 is 2.75 bits per heavy atom. The van der Waals surface area contributed by atoms with Gasteiger partial charge in [-0.1, -0.05) is 30.3 Å². The Morgan fingerprint density at radius 1 is 1.21 bits per heavy atom. The van der Waals surface area contributed by atoms with Crippen molar-refractivity contribution in [1.29, 1.82) is 0 Å². The van der Waals surface area contributed by atoms with Gasteiger partial charge < -0.3 is 15.5 Å². The smallest absolute Gasteiger partial charge is 0.252 e. The molecule has 0 spiro atoms. The highest BCUT2D eigenvalue weighted by molar-refractivity contribution is 5.97. The molecule has 0 aliphatic carbocycles. The Morgan fingerprint density at radius 2 is 2.00 bits per heavy atom. The Labute approximate surface area is 165 Å². The number of likely N-dealkylation sites (N-methyl/N-ethyl adjacent to an activating group) is 1. The van der Waals surface area contributed by atoms with E-state index in [0.717, 1.165) is 40.8 Å². The average molecular weight is 374 g/mol. The molecule has 1 atom stereocenters. The molecule has 2 heterocycles. The Hall–Kier alpha value is -2.92. The van der Waals surface area contributed by atoms with Gasteiger partial charge in [-0.15, -0.1) is 0 Å². The molecule has 1 fully saturated rings. The number of hydrogen-bond acceptors (Lipinski definition) is 4. The van der Waals surface area contributed by atoms with E-state index in [1.54, 1.807) is 6.20 Å². The first kappa shape index (κ1) is 18.4. The van der Waals surface area contributed by atoms with E-state index in [2.05, 4.69) is 39.7 Å². The molecule has 4 rings (SSSR count). The van der Waals surface area contributed by atoms with Crippen molar-refractivity contribution in [2.75, 3.05) is 25.0 Å². The fourth-order valence-corrected chi connectivity index (χ4v) is 3.66. The van der Waals surface area contributed by atoms with Crippen LogP contribution >= 0.6 is 0 Å². The van der Waals surface area contributed by atoms with E-state index in [9.17, 15) is 4.79 Å². The van der Waals surface area contributed by atoms with Gasteiger partial charge in [0.15, 0.2) is 0 Å². The van der Waals surface area contributed by atoms with Crippen molar-refractivity contribution in [3.05, 3.63) is 71.5 Å². The number of aryl methyl sites for hydroxylation is 1. The highest BCUT2D eigenvalue weighted by Gasteiger charge is 2.23. The topological polar surface area (TPSA) is 57.3 Å². The van der Waals surface area contributed by atoms with Crippen LogP contribution in [0.2, 0.25) is 0 Å². The minimum atomic E-state index is -0.185. The number of anilines is 1. The zero-order valence-electron chi connectivity index (χ0n) is 16.6. The number of carbonyl (C=O) groups is 1. The minimum Gasteiger partial charge on any atom is -0.369 e. The summed E-state index contributed by atoms with van der Waals surface area (Å²) in [5, 5.41) is 8.63. The van der Waals surface area contributed by atoms with Gasteiger partial charge in [0, 0.05) is 43.0 Å². The molecular weight excluding hydrogens is 348 g/mol. The standard InChI is InChI=1S/C23H26N4O/c1-15-8-9-18(27(3)19-13-24-14-19)12-21(15)23(28)26-16(2)22-20-7-5-4-6-17(20)10-11-25-22/h4-12,16,19,24H,13-14H2,1-3H3,(H,26,28)/t16-/m0/s1. The van der Waals surface area contributed by atoms with Crippen molar-refractivity contribution >= 4 is 22.4 Å². The zero-order valence-corrected chi connectivity index (χ0v) is 16.6. The number of pyridine rings is 1. The maximum atomic E-state index is 13.0. The van der Waals surface area contributed by atoms with Crippen molar-refractivity contribution in [2.24, 2.45) is 0 Å². The summed E-state index contributed by atoms with van der Waals surface area (Å²) in [7, 11) is 2.08. The minimum absolute atomic E-state index is 0.0679. The Kier molecular flexibility index (Phi) is 5.01. The number of rotatable bonds is 5. The molecule has 3 aromatic rings. The highest BCUT2D eigenvalue weighted by atomic mass is 16.1. The normalized spacial score (nSPS) is 15.1. The van der Waals surface area contributed by atoms with Crippen molar-refractivity contribution < 1.29 is 4.79 Å². The summed E-state index contributed by atoms with van der Waals surface area (Å²) in [6, 6.07) is 16.5. The van der Waals surface area contributed by atoms with Gasteiger partial charge in [-0.25, -0.2) is 0 Å². The third-order valence-electron chi connectivity index (χ3n) is 5.64. The average Bonchev–Trinajstić information content (AvgIpc) is 2.66. The Bertz CT molecular complexity index is 1010. The van der Waals surface area contributed by atoms with Gasteiger partial charge in [-0.2, -0.15) is 0 Å². The number of nitrogens with one attached hydrogen (secondary N) is 2. The van der Waals surface area contributed by atoms with E-state index in [4.69, 9.17) is 0 Å². The van der Waals surface area contributed by atoms with Gasteiger partial charge in [0.1, 0.15) is 0 Å². The maximum Gasteiger partial charge on any atom is 0.252 e. The third kappa shape index (κ3) is 3.45. The molecule has 1 amide bonds. The number of benzene rings is 2. The second kappa shape index (κ2) is 7.60. The van der Waals surface area contributed by atoms with Crippen LogP contribution in [0.4, 0.5) is 5.69 Å². The molecule has 0 bridgehead atoms. The number of nitrogens with zero attached hydrogens (tertiary/aromatic N) is 2. The first-order valence-electron chi connectivity index (χ1n) is 9.73. The molecule has 2 aromatic carbocycles. The molecule has 0 unspecified atom stereocenters. The van der Waals surface area contributed by atoms with Crippen LogP contribution in [-0.4, -0.2) is 37.1 Å². The zero-order chi connectivity index (χ0) is 19.7. The molecule has 1 aliphatic heterocycles. The van der Waals surface area contributed by atoms with E-state index in [0.29, 0.717) is 11.6 Å². The third-order valence-corrected chi connectivity index (χ3v) is 5.64. The molecule has 1 aromatic heterocycles. The summed E-state index contributed by atoms with van der Waals surface area (Å²) >= 11 is 0. The monoisotopic (exact) mass is 374 g/mol. The maximum absolute atomic E-state index is 13.0. The molecule has 5 nitrogen and oxygen atoms in total. The van der Waals surface area contributed by atoms with Crippen molar-refractivity contribution in [3.63, 3.8) is 0 Å². The van der Waals surface area contributed by atoms with Crippen LogP contribution in [0.3, 0.4) is 0 Å². The highest BCUT2D eigenvalue weighted by Crippen LogP contribution is 2.24. The predicted octanol–water partition coefficient (Wildman–Crippen LogP) is 3.44. The van der Waals surface area contributed by atoms with Crippen LogP contribution in [0, 0.1) is 6.92 Å². The lowest BCUT2D eigenvalue weighted by Crippen LogP contribution is -2.56. The molecule has 0 saturated carbocycles. The lowest BCUT2D eigenvalue weighted by atomic mass is 10.0. The first-order chi connectivity index (χ1) is 13.5. The molecule has 144 valence electrons. The molecule has 1 aliphatic rings. The van der Waals surface area contributed by atoms with Crippen LogP contribution in [-0.2, 0) is 0 Å². The van der Waals surface area contributed by atoms with Crippen LogP contribution in [0.25, 0.3) is 10.8 Å². The molecule has 0 radical (unpaired) electrons. The summed E-state index contributed by atoms with van der Waals surface area (Å²) in [6.07, 6.45) is 1.80. The second-order valence-corrected chi connectivity index (χ2v) is 7.53. The van der Waals surface area contributed by atoms with Crippen LogP contribution in [0.15, 0.2) is 54.7 Å². The summed E-state index contributed by atoms with van der Waals surface area (Å²) in [6.45, 7) is 5.92. The van der Waals surface area contributed by atoms with Gasteiger partial charge in [-0.05, 0) is 43.0 Å². The second-order valence-electron chi connectivity index (χ2n) is 7.53. The molecular formula is C23H26N4O. The lowest BCUT2D eigenvalue weighted by molar-refractivity contribution is 0.0939. The van der Waals surface area contributed by atoms with Gasteiger partial charge in [-0.3, -0.25) is 9.78 Å². The number of fused-ring (bicyclic) bond motifs is 1. The van der Waals surface area contributed by atoms with Gasteiger partial charge >= 0.3 is 0 Å². The SMILES string of the molecule is Cc1ccc(N(C)C2CNC2)cc1C(=O)N[C@@H](C)c1nccc2ccccc12. The van der Waals surface area contributed by atoms with Gasteiger partial charge in [0.25, 0.3) is 5.91 Å². The van der Waals surface area contributed by atoms with E-state index < -0.39 is 0 Å². The summed E-state index contributed by atoms with van der Waals surface area (Å²) < 4.78 is 0. The van der Waals surface area contributed by atoms with E-state index in [1.165, 1.54) is 0 Å². The first-order valence-corrected chi connectivity index (χ1v) is 9.73. The quantitative estimate of drug-likeness (QED) is 0.718. The fourth-order valence-electron chi connectivity index (χ4n) is 3.66. The summed E-state index contributed by atoms with van der Waals surface area (Å²) in [4.78, 5) is 19.8. The molecule has 28 heavy (non-hydrogen) atoms. The molecule has 5 heteroatoms. The van der Waals surface area contributed by atoms with Gasteiger partial charge in [0.2, 0.25) is 0 Å². The van der Waals surface area contributed by atoms with Crippen LogP contribution in [0.1, 0.15) is 34.6 Å².